The van der Waals surface area contributed by atoms with Crippen molar-refractivity contribution in [2.75, 3.05) is 25.0 Å². The molecular formula is C31H35F3N6O. The summed E-state index contributed by atoms with van der Waals surface area (Å²) in [5.41, 5.74) is 1.80. The van der Waals surface area contributed by atoms with Crippen molar-refractivity contribution >= 4 is 22.5 Å². The second kappa shape index (κ2) is 12.0. The number of nitrogens with one attached hydrogen (secondary N) is 2. The maximum Gasteiger partial charge on any atom is 0.418 e. The Bertz CT molecular complexity index is 1500. The number of halogens is 3. The molecule has 1 saturated heterocycles. The van der Waals surface area contributed by atoms with E-state index in [2.05, 4.69) is 57.4 Å². The number of anilines is 2. The van der Waals surface area contributed by atoms with E-state index in [1.807, 2.05) is 12.1 Å². The van der Waals surface area contributed by atoms with Gasteiger partial charge in [0.15, 0.2) is 5.82 Å². The predicted molar refractivity (Wildman–Crippen MR) is 154 cm³/mol. The highest BCUT2D eigenvalue weighted by molar-refractivity contribution is 5.89. The average Bonchev–Trinajstić information content (AvgIpc) is 2.95. The monoisotopic (exact) mass is 564 g/mol. The summed E-state index contributed by atoms with van der Waals surface area (Å²) >= 11 is 0. The van der Waals surface area contributed by atoms with Crippen LogP contribution in [0.5, 0.6) is 5.75 Å². The van der Waals surface area contributed by atoms with Crippen LogP contribution in [0, 0.1) is 5.92 Å². The molecule has 216 valence electrons. The van der Waals surface area contributed by atoms with Crippen LogP contribution in [0.1, 0.15) is 57.6 Å². The summed E-state index contributed by atoms with van der Waals surface area (Å²) in [4.78, 5) is 17.0. The summed E-state index contributed by atoms with van der Waals surface area (Å²) in [6.07, 6.45) is 4.15. The van der Waals surface area contributed by atoms with Crippen molar-refractivity contribution in [3.63, 3.8) is 0 Å². The van der Waals surface area contributed by atoms with Gasteiger partial charge >= 0.3 is 6.18 Å². The number of piperidine rings is 1. The third kappa shape index (κ3) is 6.93. The largest absolute Gasteiger partial charge is 0.493 e. The van der Waals surface area contributed by atoms with Gasteiger partial charge in [-0.3, -0.25) is 4.98 Å². The number of hydrogen-bond donors (Lipinski definition) is 2. The van der Waals surface area contributed by atoms with Crippen LogP contribution in [0.15, 0.2) is 55.1 Å². The standard InChI is InChI=1S/C31H35F3N6O/c1-30(2,3)23-11-10-22(16-26(23)41-14-6-8-20-7-4-12-35-17-20)40-29-28-25(38-19-39-29)15-21(18-37-28)27-24(31(32,33)34)9-5-13-36-27/h5,9-11,13,15-16,18-20,35H,4,6-8,12,14,17H2,1-3H3,(H,38,39,40). The summed E-state index contributed by atoms with van der Waals surface area (Å²) in [6.45, 7) is 9.30. The number of rotatable bonds is 8. The Kier molecular flexibility index (Phi) is 8.40. The smallest absolute Gasteiger partial charge is 0.418 e. The Morgan fingerprint density at radius 1 is 1.02 bits per heavy atom. The molecule has 3 aromatic heterocycles. The van der Waals surface area contributed by atoms with Gasteiger partial charge < -0.3 is 15.4 Å². The summed E-state index contributed by atoms with van der Waals surface area (Å²) in [6, 6.07) is 9.81. The van der Waals surface area contributed by atoms with Crippen LogP contribution >= 0.6 is 0 Å². The molecule has 1 aliphatic rings. The van der Waals surface area contributed by atoms with E-state index in [9.17, 15) is 13.2 Å². The molecule has 1 aromatic carbocycles. The minimum absolute atomic E-state index is 0.110. The normalized spacial score (nSPS) is 16.1. The highest BCUT2D eigenvalue weighted by Gasteiger charge is 2.34. The number of aromatic nitrogens is 4. The first kappa shape index (κ1) is 28.7. The number of pyridine rings is 2. The Hall–Kier alpha value is -3.79. The van der Waals surface area contributed by atoms with Crippen molar-refractivity contribution in [2.24, 2.45) is 5.92 Å². The minimum Gasteiger partial charge on any atom is -0.493 e. The molecule has 41 heavy (non-hydrogen) atoms. The molecule has 0 radical (unpaired) electrons. The molecule has 5 rings (SSSR count). The number of nitrogens with zero attached hydrogens (tertiary/aromatic N) is 4. The number of fused-ring (bicyclic) bond motifs is 1. The Labute approximate surface area is 238 Å². The zero-order valence-corrected chi connectivity index (χ0v) is 23.6. The summed E-state index contributed by atoms with van der Waals surface area (Å²) < 4.78 is 47.0. The van der Waals surface area contributed by atoms with Crippen molar-refractivity contribution in [1.82, 2.24) is 25.3 Å². The topological polar surface area (TPSA) is 84.9 Å². The molecule has 10 heteroatoms. The molecule has 1 unspecified atom stereocenters. The lowest BCUT2D eigenvalue weighted by Crippen LogP contribution is -2.29. The van der Waals surface area contributed by atoms with Crippen LogP contribution in [0.2, 0.25) is 0 Å². The Balaban J connectivity index is 1.37. The van der Waals surface area contributed by atoms with E-state index in [0.717, 1.165) is 49.0 Å². The summed E-state index contributed by atoms with van der Waals surface area (Å²) in [7, 11) is 0. The molecule has 0 amide bonds. The molecule has 0 bridgehead atoms. The lowest BCUT2D eigenvalue weighted by atomic mass is 9.86. The van der Waals surface area contributed by atoms with Gasteiger partial charge in [0.25, 0.3) is 0 Å². The molecular weight excluding hydrogens is 529 g/mol. The Morgan fingerprint density at radius 2 is 1.88 bits per heavy atom. The average molecular weight is 565 g/mol. The van der Waals surface area contributed by atoms with Crippen LogP contribution in [0.3, 0.4) is 0 Å². The van der Waals surface area contributed by atoms with Crippen molar-refractivity contribution in [2.45, 2.75) is 58.0 Å². The maximum absolute atomic E-state index is 13.6. The van der Waals surface area contributed by atoms with Crippen LogP contribution in [0.25, 0.3) is 22.3 Å². The van der Waals surface area contributed by atoms with Crippen LogP contribution in [-0.2, 0) is 11.6 Å². The van der Waals surface area contributed by atoms with Gasteiger partial charge in [0.05, 0.1) is 23.4 Å². The van der Waals surface area contributed by atoms with Crippen LogP contribution in [-0.4, -0.2) is 39.6 Å². The molecule has 1 atom stereocenters. The van der Waals surface area contributed by atoms with E-state index < -0.39 is 11.7 Å². The Morgan fingerprint density at radius 3 is 2.63 bits per heavy atom. The molecule has 0 saturated carbocycles. The van der Waals surface area contributed by atoms with Gasteiger partial charge in [-0.05, 0) is 79.9 Å². The third-order valence-corrected chi connectivity index (χ3v) is 7.33. The molecule has 7 nitrogen and oxygen atoms in total. The van der Waals surface area contributed by atoms with E-state index in [1.165, 1.54) is 37.6 Å². The number of hydrogen-bond acceptors (Lipinski definition) is 7. The first-order valence-electron chi connectivity index (χ1n) is 14.0. The number of ether oxygens (including phenoxy) is 1. The van der Waals surface area contributed by atoms with Crippen molar-refractivity contribution in [3.8, 4) is 17.0 Å². The molecule has 4 heterocycles. The van der Waals surface area contributed by atoms with E-state index in [0.29, 0.717) is 29.4 Å². The fraction of sp³-hybridized carbons (Fsp3) is 0.419. The highest BCUT2D eigenvalue weighted by atomic mass is 19.4. The molecule has 0 spiro atoms. The lowest BCUT2D eigenvalue weighted by molar-refractivity contribution is -0.137. The van der Waals surface area contributed by atoms with Gasteiger partial charge in [-0.2, -0.15) is 13.2 Å². The predicted octanol–water partition coefficient (Wildman–Crippen LogP) is 7.31. The molecule has 1 aliphatic heterocycles. The van der Waals surface area contributed by atoms with E-state index in [-0.39, 0.29) is 16.7 Å². The lowest BCUT2D eigenvalue weighted by Gasteiger charge is -2.25. The van der Waals surface area contributed by atoms with Gasteiger partial charge in [-0.15, -0.1) is 0 Å². The quantitative estimate of drug-likeness (QED) is 0.217. The van der Waals surface area contributed by atoms with E-state index in [1.54, 1.807) is 6.07 Å². The van der Waals surface area contributed by atoms with Gasteiger partial charge in [0.1, 0.15) is 17.6 Å². The number of alkyl halides is 3. The summed E-state index contributed by atoms with van der Waals surface area (Å²) in [5, 5.41) is 6.78. The second-order valence-electron chi connectivity index (χ2n) is 11.5. The zero-order valence-electron chi connectivity index (χ0n) is 23.6. The fourth-order valence-corrected chi connectivity index (χ4v) is 5.23. The van der Waals surface area contributed by atoms with Gasteiger partial charge in [0.2, 0.25) is 0 Å². The van der Waals surface area contributed by atoms with E-state index >= 15 is 0 Å². The second-order valence-corrected chi connectivity index (χ2v) is 11.5. The highest BCUT2D eigenvalue weighted by Crippen LogP contribution is 2.37. The van der Waals surface area contributed by atoms with Crippen molar-refractivity contribution in [3.05, 3.63) is 66.2 Å². The van der Waals surface area contributed by atoms with Crippen LogP contribution < -0.4 is 15.4 Å². The molecule has 1 fully saturated rings. The first-order chi connectivity index (χ1) is 19.6. The maximum atomic E-state index is 13.6. The van der Waals surface area contributed by atoms with Crippen molar-refractivity contribution < 1.29 is 17.9 Å². The van der Waals surface area contributed by atoms with Gasteiger partial charge in [0, 0.05) is 29.7 Å². The first-order valence-corrected chi connectivity index (χ1v) is 14.0. The SMILES string of the molecule is CC(C)(C)c1ccc(Nc2ncnc3cc(-c4ncccc4C(F)(F)F)cnc23)cc1OCCCC1CCCNC1. The zero-order chi connectivity index (χ0) is 29.0. The van der Waals surface area contributed by atoms with Crippen LogP contribution in [0.4, 0.5) is 24.7 Å². The van der Waals surface area contributed by atoms with E-state index in [4.69, 9.17) is 4.74 Å². The molecule has 2 N–H and O–H groups in total. The summed E-state index contributed by atoms with van der Waals surface area (Å²) in [5.74, 6) is 1.96. The van der Waals surface area contributed by atoms with Gasteiger partial charge in [-0.1, -0.05) is 26.8 Å². The third-order valence-electron chi connectivity index (χ3n) is 7.33. The fourth-order valence-electron chi connectivity index (χ4n) is 5.23. The van der Waals surface area contributed by atoms with Gasteiger partial charge in [-0.25, -0.2) is 15.0 Å². The minimum atomic E-state index is -4.54. The molecule has 0 aliphatic carbocycles. The molecule has 4 aromatic rings. The number of benzene rings is 1. The van der Waals surface area contributed by atoms with Crippen molar-refractivity contribution in [1.29, 1.82) is 0 Å².